The van der Waals surface area contributed by atoms with Crippen molar-refractivity contribution in [2.24, 2.45) is 5.41 Å². The van der Waals surface area contributed by atoms with Gasteiger partial charge in [0.1, 0.15) is 0 Å². The molecule has 3 nitrogen and oxygen atoms in total. The highest BCUT2D eigenvalue weighted by atomic mass is 16.2. The van der Waals surface area contributed by atoms with Crippen molar-refractivity contribution in [3.63, 3.8) is 0 Å². The lowest BCUT2D eigenvalue weighted by Crippen LogP contribution is -2.42. The van der Waals surface area contributed by atoms with Gasteiger partial charge in [-0.05, 0) is 31.3 Å². The van der Waals surface area contributed by atoms with E-state index < -0.39 is 0 Å². The predicted molar refractivity (Wildman–Crippen MR) is 58.1 cm³/mol. The van der Waals surface area contributed by atoms with Gasteiger partial charge in [0.25, 0.3) is 0 Å². The number of carbonyl (C=O) groups is 1. The van der Waals surface area contributed by atoms with Crippen molar-refractivity contribution in [1.29, 1.82) is 0 Å². The largest absolute Gasteiger partial charge is 0.348 e. The molecule has 1 saturated heterocycles. The Balaban J connectivity index is 2.33. The number of nitrogens with zero attached hydrogens (tertiary/aromatic N) is 2. The van der Waals surface area contributed by atoms with E-state index in [1.54, 1.807) is 4.90 Å². The maximum Gasteiger partial charge on any atom is 0.236 e. The SMILES string of the molecule is CN(C)C(=O)CN1CCC(C)(C)CC1. The van der Waals surface area contributed by atoms with E-state index in [1.807, 2.05) is 14.1 Å². The van der Waals surface area contributed by atoms with Crippen LogP contribution in [0, 0.1) is 5.41 Å². The molecule has 1 fully saturated rings. The van der Waals surface area contributed by atoms with Gasteiger partial charge in [0, 0.05) is 14.1 Å². The molecule has 0 aliphatic carbocycles. The number of amides is 1. The molecule has 1 aliphatic heterocycles. The summed E-state index contributed by atoms with van der Waals surface area (Å²) in [6.45, 7) is 7.32. The molecule has 0 saturated carbocycles. The zero-order chi connectivity index (χ0) is 10.8. The highest BCUT2D eigenvalue weighted by molar-refractivity contribution is 5.77. The van der Waals surface area contributed by atoms with Crippen LogP contribution in [-0.2, 0) is 4.79 Å². The monoisotopic (exact) mass is 198 g/mol. The highest BCUT2D eigenvalue weighted by Crippen LogP contribution is 2.29. The van der Waals surface area contributed by atoms with Crippen molar-refractivity contribution in [2.75, 3.05) is 33.7 Å². The second kappa shape index (κ2) is 4.30. The van der Waals surface area contributed by atoms with Crippen molar-refractivity contribution < 1.29 is 4.79 Å². The van der Waals surface area contributed by atoms with Gasteiger partial charge in [-0.3, -0.25) is 9.69 Å². The summed E-state index contributed by atoms with van der Waals surface area (Å²) >= 11 is 0. The summed E-state index contributed by atoms with van der Waals surface area (Å²) in [5, 5.41) is 0. The summed E-state index contributed by atoms with van der Waals surface area (Å²) in [7, 11) is 3.63. The Bertz CT molecular complexity index is 201. The number of likely N-dealkylation sites (N-methyl/N-ethyl adjacent to an activating group) is 1. The zero-order valence-electron chi connectivity index (χ0n) is 9.84. The number of rotatable bonds is 2. The van der Waals surface area contributed by atoms with E-state index in [0.717, 1.165) is 13.1 Å². The van der Waals surface area contributed by atoms with Crippen LogP contribution in [0.25, 0.3) is 0 Å². The summed E-state index contributed by atoms with van der Waals surface area (Å²) in [5.74, 6) is 0.213. The van der Waals surface area contributed by atoms with Crippen molar-refractivity contribution in [3.05, 3.63) is 0 Å². The van der Waals surface area contributed by atoms with E-state index in [4.69, 9.17) is 0 Å². The Kier molecular flexibility index (Phi) is 3.53. The molecule has 1 heterocycles. The Labute approximate surface area is 87.1 Å². The maximum absolute atomic E-state index is 11.5. The van der Waals surface area contributed by atoms with Gasteiger partial charge in [0.05, 0.1) is 6.54 Å². The smallest absolute Gasteiger partial charge is 0.236 e. The molecule has 0 N–H and O–H groups in total. The Hall–Kier alpha value is -0.570. The number of hydrogen-bond donors (Lipinski definition) is 0. The standard InChI is InChI=1S/C11H22N2O/c1-11(2)5-7-13(8-6-11)9-10(14)12(3)4/h5-9H2,1-4H3. The van der Waals surface area contributed by atoms with E-state index >= 15 is 0 Å². The van der Waals surface area contributed by atoms with Crippen molar-refractivity contribution >= 4 is 5.91 Å². The highest BCUT2D eigenvalue weighted by Gasteiger charge is 2.26. The summed E-state index contributed by atoms with van der Waals surface area (Å²) in [5.41, 5.74) is 0.470. The van der Waals surface area contributed by atoms with Gasteiger partial charge in [0.15, 0.2) is 0 Å². The summed E-state index contributed by atoms with van der Waals surface area (Å²) < 4.78 is 0. The molecule has 1 rings (SSSR count). The third-order valence-corrected chi connectivity index (χ3v) is 3.07. The quantitative estimate of drug-likeness (QED) is 0.665. The van der Waals surface area contributed by atoms with E-state index in [9.17, 15) is 4.79 Å². The Morgan fingerprint density at radius 2 is 1.79 bits per heavy atom. The lowest BCUT2D eigenvalue weighted by molar-refractivity contribution is -0.130. The summed E-state index contributed by atoms with van der Waals surface area (Å²) in [6.07, 6.45) is 2.40. The summed E-state index contributed by atoms with van der Waals surface area (Å²) in [4.78, 5) is 15.4. The molecular weight excluding hydrogens is 176 g/mol. The van der Waals surface area contributed by atoms with E-state index in [-0.39, 0.29) is 5.91 Å². The van der Waals surface area contributed by atoms with Crippen LogP contribution in [0.1, 0.15) is 26.7 Å². The number of piperidine rings is 1. The van der Waals surface area contributed by atoms with E-state index in [2.05, 4.69) is 18.7 Å². The first-order valence-corrected chi connectivity index (χ1v) is 5.33. The van der Waals surface area contributed by atoms with E-state index in [1.165, 1.54) is 12.8 Å². The van der Waals surface area contributed by atoms with Crippen LogP contribution in [0.3, 0.4) is 0 Å². The molecule has 1 amide bonds. The normalized spacial score (nSPS) is 22.0. The first kappa shape index (κ1) is 11.5. The van der Waals surface area contributed by atoms with Crippen LogP contribution in [-0.4, -0.2) is 49.4 Å². The van der Waals surface area contributed by atoms with Crippen LogP contribution >= 0.6 is 0 Å². The molecule has 0 unspecified atom stereocenters. The number of likely N-dealkylation sites (tertiary alicyclic amines) is 1. The molecule has 0 spiro atoms. The lowest BCUT2D eigenvalue weighted by Gasteiger charge is -2.36. The van der Waals surface area contributed by atoms with Gasteiger partial charge in [0.2, 0.25) is 5.91 Å². The lowest BCUT2D eigenvalue weighted by atomic mass is 9.83. The average molecular weight is 198 g/mol. The Morgan fingerprint density at radius 3 is 2.21 bits per heavy atom. The van der Waals surface area contributed by atoms with Gasteiger partial charge in [-0.15, -0.1) is 0 Å². The average Bonchev–Trinajstić information content (AvgIpc) is 2.08. The molecule has 1 aliphatic rings. The molecule has 0 aromatic heterocycles. The van der Waals surface area contributed by atoms with Crippen LogP contribution in [0.2, 0.25) is 0 Å². The zero-order valence-corrected chi connectivity index (χ0v) is 9.84. The van der Waals surface area contributed by atoms with Gasteiger partial charge < -0.3 is 4.90 Å². The second-order valence-corrected chi connectivity index (χ2v) is 5.23. The molecule has 0 aromatic carbocycles. The molecule has 0 atom stereocenters. The molecule has 14 heavy (non-hydrogen) atoms. The van der Waals surface area contributed by atoms with Gasteiger partial charge >= 0.3 is 0 Å². The first-order chi connectivity index (χ1) is 6.41. The predicted octanol–water partition coefficient (Wildman–Crippen LogP) is 1.20. The van der Waals surface area contributed by atoms with E-state index in [0.29, 0.717) is 12.0 Å². The minimum Gasteiger partial charge on any atom is -0.348 e. The fourth-order valence-corrected chi connectivity index (χ4v) is 1.65. The number of hydrogen-bond acceptors (Lipinski definition) is 2. The van der Waals surface area contributed by atoms with Crippen molar-refractivity contribution in [3.8, 4) is 0 Å². The molecule has 82 valence electrons. The number of carbonyl (C=O) groups excluding carboxylic acids is 1. The van der Waals surface area contributed by atoms with Crippen LogP contribution in [0.4, 0.5) is 0 Å². The first-order valence-electron chi connectivity index (χ1n) is 5.33. The topological polar surface area (TPSA) is 23.6 Å². The summed E-state index contributed by atoms with van der Waals surface area (Å²) in [6, 6.07) is 0. The van der Waals surface area contributed by atoms with Gasteiger partial charge in [-0.25, -0.2) is 0 Å². The third kappa shape index (κ3) is 3.29. The van der Waals surface area contributed by atoms with Crippen molar-refractivity contribution in [1.82, 2.24) is 9.80 Å². The van der Waals surface area contributed by atoms with Crippen LogP contribution < -0.4 is 0 Å². The maximum atomic E-state index is 11.5. The minimum absolute atomic E-state index is 0.213. The fourth-order valence-electron chi connectivity index (χ4n) is 1.65. The van der Waals surface area contributed by atoms with Gasteiger partial charge in [-0.2, -0.15) is 0 Å². The van der Waals surface area contributed by atoms with Gasteiger partial charge in [-0.1, -0.05) is 13.8 Å². The van der Waals surface area contributed by atoms with Crippen molar-refractivity contribution in [2.45, 2.75) is 26.7 Å². The minimum atomic E-state index is 0.213. The molecule has 0 radical (unpaired) electrons. The third-order valence-electron chi connectivity index (χ3n) is 3.07. The Morgan fingerprint density at radius 1 is 1.29 bits per heavy atom. The molecule has 3 heteroatoms. The molecule has 0 aromatic rings. The second-order valence-electron chi connectivity index (χ2n) is 5.23. The van der Waals surface area contributed by atoms with Crippen LogP contribution in [0.5, 0.6) is 0 Å². The molecule has 0 bridgehead atoms. The molecular formula is C11H22N2O. The fraction of sp³-hybridized carbons (Fsp3) is 0.909. The van der Waals surface area contributed by atoms with Crippen LogP contribution in [0.15, 0.2) is 0 Å².